The number of hydrogen-bond donors (Lipinski definition) is 1. The van der Waals surface area contributed by atoms with Gasteiger partial charge >= 0.3 is 0 Å². The Hall–Kier alpha value is -0.0800. The molecule has 1 aliphatic rings. The largest absolute Gasteiger partial charge is 0.379 e. The molecule has 1 saturated carbocycles. The number of methoxy groups -OCH3 is 1. The van der Waals surface area contributed by atoms with Crippen molar-refractivity contribution in [2.75, 3.05) is 20.7 Å². The maximum atomic E-state index is 5.39. The average Bonchev–Trinajstić information content (AvgIpc) is 2.68. The highest BCUT2D eigenvalue weighted by atomic mass is 16.5. The molecule has 0 heterocycles. The van der Waals surface area contributed by atoms with Gasteiger partial charge in [-0.3, -0.25) is 0 Å². The van der Waals surface area contributed by atoms with Crippen LogP contribution in [0.1, 0.15) is 26.7 Å². The second kappa shape index (κ2) is 3.75. The Balaban J connectivity index is 2.18. The van der Waals surface area contributed by atoms with Crippen molar-refractivity contribution in [1.29, 1.82) is 0 Å². The average molecular weight is 171 g/mol. The lowest BCUT2D eigenvalue weighted by molar-refractivity contribution is 0.00973. The second-order valence-electron chi connectivity index (χ2n) is 4.48. The van der Waals surface area contributed by atoms with E-state index in [0.29, 0.717) is 0 Å². The minimum atomic E-state index is 0.0765. The third kappa shape index (κ3) is 2.76. The van der Waals surface area contributed by atoms with E-state index in [1.807, 2.05) is 7.05 Å². The molecule has 2 nitrogen and oxygen atoms in total. The van der Waals surface area contributed by atoms with Crippen LogP contribution in [0.15, 0.2) is 0 Å². The van der Waals surface area contributed by atoms with Gasteiger partial charge in [0, 0.05) is 7.11 Å². The Morgan fingerprint density at radius 2 is 2.08 bits per heavy atom. The van der Waals surface area contributed by atoms with Gasteiger partial charge < -0.3 is 10.1 Å². The van der Waals surface area contributed by atoms with Crippen molar-refractivity contribution in [2.24, 2.45) is 11.8 Å². The Bertz CT molecular complexity index is 145. The predicted octanol–water partition coefficient (Wildman–Crippen LogP) is 1.66. The van der Waals surface area contributed by atoms with E-state index in [1.54, 1.807) is 7.11 Å². The third-order valence-electron chi connectivity index (χ3n) is 2.84. The fraction of sp³-hybridized carbons (Fsp3) is 1.00. The fourth-order valence-electron chi connectivity index (χ4n) is 1.79. The maximum Gasteiger partial charge on any atom is 0.0625 e. The van der Waals surface area contributed by atoms with Gasteiger partial charge in [0.1, 0.15) is 0 Å². The highest BCUT2D eigenvalue weighted by Gasteiger charge is 2.39. The first kappa shape index (κ1) is 10.0. The van der Waals surface area contributed by atoms with Crippen LogP contribution < -0.4 is 5.32 Å². The van der Waals surface area contributed by atoms with E-state index in [-0.39, 0.29) is 5.60 Å². The lowest BCUT2D eigenvalue weighted by Gasteiger charge is -2.22. The van der Waals surface area contributed by atoms with Crippen molar-refractivity contribution in [2.45, 2.75) is 32.3 Å². The molecule has 12 heavy (non-hydrogen) atoms. The highest BCUT2D eigenvalue weighted by molar-refractivity contribution is 4.91. The van der Waals surface area contributed by atoms with E-state index in [2.05, 4.69) is 19.2 Å². The van der Waals surface area contributed by atoms with Crippen molar-refractivity contribution >= 4 is 0 Å². The standard InChI is InChI=1S/C10H21NO/c1-10(2,12-4)6-8-5-9(8)7-11-3/h8-9,11H,5-7H2,1-4H3. The summed E-state index contributed by atoms with van der Waals surface area (Å²) in [4.78, 5) is 0. The van der Waals surface area contributed by atoms with Crippen LogP contribution in [0.2, 0.25) is 0 Å². The third-order valence-corrected chi connectivity index (χ3v) is 2.84. The summed E-state index contributed by atoms with van der Waals surface area (Å²) in [5.41, 5.74) is 0.0765. The summed E-state index contributed by atoms with van der Waals surface area (Å²) in [6, 6.07) is 0. The summed E-state index contributed by atoms with van der Waals surface area (Å²) >= 11 is 0. The molecule has 0 saturated heterocycles. The van der Waals surface area contributed by atoms with Gasteiger partial charge in [0.15, 0.2) is 0 Å². The van der Waals surface area contributed by atoms with Crippen LogP contribution >= 0.6 is 0 Å². The Morgan fingerprint density at radius 1 is 1.42 bits per heavy atom. The quantitative estimate of drug-likeness (QED) is 0.679. The normalized spacial score (nSPS) is 29.0. The summed E-state index contributed by atoms with van der Waals surface area (Å²) in [7, 11) is 3.83. The number of nitrogens with one attached hydrogen (secondary N) is 1. The summed E-state index contributed by atoms with van der Waals surface area (Å²) in [5.74, 6) is 1.80. The molecule has 0 aromatic rings. The van der Waals surface area contributed by atoms with Crippen molar-refractivity contribution in [1.82, 2.24) is 5.32 Å². The molecule has 1 rings (SSSR count). The Morgan fingerprint density at radius 3 is 2.58 bits per heavy atom. The minimum Gasteiger partial charge on any atom is -0.379 e. The van der Waals surface area contributed by atoms with Gasteiger partial charge in [-0.15, -0.1) is 0 Å². The van der Waals surface area contributed by atoms with E-state index in [9.17, 15) is 0 Å². The Kier molecular flexibility index (Phi) is 3.13. The minimum absolute atomic E-state index is 0.0765. The summed E-state index contributed by atoms with van der Waals surface area (Å²) in [6.07, 6.45) is 2.59. The zero-order valence-electron chi connectivity index (χ0n) is 8.68. The van der Waals surface area contributed by atoms with E-state index >= 15 is 0 Å². The highest BCUT2D eigenvalue weighted by Crippen LogP contribution is 2.43. The van der Waals surface area contributed by atoms with Gasteiger partial charge in [-0.2, -0.15) is 0 Å². The Labute approximate surface area is 75.7 Å². The van der Waals surface area contributed by atoms with Crippen LogP contribution in [0.5, 0.6) is 0 Å². The topological polar surface area (TPSA) is 21.3 Å². The van der Waals surface area contributed by atoms with Gasteiger partial charge in [0.05, 0.1) is 5.60 Å². The van der Waals surface area contributed by atoms with Crippen molar-refractivity contribution < 1.29 is 4.74 Å². The monoisotopic (exact) mass is 171 g/mol. The van der Waals surface area contributed by atoms with Gasteiger partial charge in [0.25, 0.3) is 0 Å². The van der Waals surface area contributed by atoms with Gasteiger partial charge in [0.2, 0.25) is 0 Å². The van der Waals surface area contributed by atoms with Crippen LogP contribution in [0.4, 0.5) is 0 Å². The molecule has 72 valence electrons. The van der Waals surface area contributed by atoms with Crippen LogP contribution in [0.25, 0.3) is 0 Å². The van der Waals surface area contributed by atoms with Crippen LogP contribution in [-0.4, -0.2) is 26.3 Å². The molecular formula is C10H21NO. The van der Waals surface area contributed by atoms with Crippen molar-refractivity contribution in [3.63, 3.8) is 0 Å². The predicted molar refractivity (Wildman–Crippen MR) is 51.2 cm³/mol. The van der Waals surface area contributed by atoms with Gasteiger partial charge in [-0.1, -0.05) is 0 Å². The molecule has 0 bridgehead atoms. The number of hydrogen-bond acceptors (Lipinski definition) is 2. The number of ether oxygens (including phenoxy) is 1. The molecule has 0 radical (unpaired) electrons. The lowest BCUT2D eigenvalue weighted by atomic mass is 10.0. The first-order chi connectivity index (χ1) is 5.59. The summed E-state index contributed by atoms with van der Waals surface area (Å²) in [5, 5.41) is 3.22. The SMILES string of the molecule is CNCC1CC1CC(C)(C)OC. The lowest BCUT2D eigenvalue weighted by Crippen LogP contribution is -2.24. The number of rotatable bonds is 5. The molecule has 1 N–H and O–H groups in total. The summed E-state index contributed by atoms with van der Waals surface area (Å²) < 4.78 is 5.39. The smallest absolute Gasteiger partial charge is 0.0625 e. The zero-order chi connectivity index (χ0) is 9.19. The van der Waals surface area contributed by atoms with Crippen LogP contribution in [-0.2, 0) is 4.74 Å². The summed E-state index contributed by atoms with van der Waals surface area (Å²) in [6.45, 7) is 5.51. The zero-order valence-corrected chi connectivity index (χ0v) is 8.68. The fourth-order valence-corrected chi connectivity index (χ4v) is 1.79. The molecule has 0 spiro atoms. The first-order valence-corrected chi connectivity index (χ1v) is 4.79. The first-order valence-electron chi connectivity index (χ1n) is 4.79. The van der Waals surface area contributed by atoms with E-state index in [4.69, 9.17) is 4.74 Å². The van der Waals surface area contributed by atoms with Crippen LogP contribution in [0.3, 0.4) is 0 Å². The molecule has 1 fully saturated rings. The van der Waals surface area contributed by atoms with Gasteiger partial charge in [-0.05, 0) is 52.1 Å². The maximum absolute atomic E-state index is 5.39. The van der Waals surface area contributed by atoms with Crippen LogP contribution in [0, 0.1) is 11.8 Å². The molecule has 0 aromatic carbocycles. The second-order valence-corrected chi connectivity index (χ2v) is 4.48. The van der Waals surface area contributed by atoms with Crippen molar-refractivity contribution in [3.8, 4) is 0 Å². The molecule has 0 aromatic heterocycles. The van der Waals surface area contributed by atoms with Crippen molar-refractivity contribution in [3.05, 3.63) is 0 Å². The molecular weight excluding hydrogens is 150 g/mol. The van der Waals surface area contributed by atoms with E-state index in [0.717, 1.165) is 11.8 Å². The molecule has 2 heteroatoms. The molecule has 2 unspecified atom stereocenters. The van der Waals surface area contributed by atoms with E-state index < -0.39 is 0 Å². The molecule has 0 amide bonds. The molecule has 1 aliphatic carbocycles. The van der Waals surface area contributed by atoms with Gasteiger partial charge in [-0.25, -0.2) is 0 Å². The van der Waals surface area contributed by atoms with E-state index in [1.165, 1.54) is 19.4 Å². The molecule has 2 atom stereocenters. The molecule has 0 aliphatic heterocycles.